The van der Waals surface area contributed by atoms with Crippen LogP contribution >= 0.6 is 15.9 Å². The van der Waals surface area contributed by atoms with Crippen molar-refractivity contribution in [2.24, 2.45) is 0 Å². The molecule has 1 rings (SSSR count). The molecule has 0 aliphatic rings. The highest BCUT2D eigenvalue weighted by molar-refractivity contribution is 9.10. The fraction of sp³-hybridized carbons (Fsp3) is 0.500. The lowest BCUT2D eigenvalue weighted by Gasteiger charge is -2.23. The molecule has 1 aromatic rings. The van der Waals surface area contributed by atoms with Crippen LogP contribution in [0.3, 0.4) is 0 Å². The van der Waals surface area contributed by atoms with Gasteiger partial charge < -0.3 is 10.1 Å². The zero-order chi connectivity index (χ0) is 16.7. The number of hydrogen-bond donors (Lipinski definition) is 1. The van der Waals surface area contributed by atoms with Gasteiger partial charge in [-0.25, -0.2) is 0 Å². The molecule has 1 amide bonds. The first-order chi connectivity index (χ1) is 10.3. The van der Waals surface area contributed by atoms with E-state index < -0.39 is 6.04 Å². The summed E-state index contributed by atoms with van der Waals surface area (Å²) in [5.74, 6) is -0.474. The predicted molar refractivity (Wildman–Crippen MR) is 89.4 cm³/mol. The normalized spacial score (nSPS) is 12.3. The molecular weight excluding hydrogens is 348 g/mol. The Morgan fingerprint density at radius 2 is 1.86 bits per heavy atom. The first kappa shape index (κ1) is 18.6. The highest BCUT2D eigenvalue weighted by Gasteiger charge is 2.20. The molecule has 0 aliphatic carbocycles. The second-order valence-corrected chi connectivity index (χ2v) is 6.38. The van der Waals surface area contributed by atoms with E-state index in [9.17, 15) is 9.59 Å². The molecule has 0 bridgehead atoms. The minimum Gasteiger partial charge on any atom is -0.469 e. The smallest absolute Gasteiger partial charge is 0.307 e. The average Bonchev–Trinajstić information content (AvgIpc) is 2.46. The van der Waals surface area contributed by atoms with E-state index in [1.54, 1.807) is 0 Å². The molecule has 22 heavy (non-hydrogen) atoms. The molecule has 1 N–H and O–H groups in total. The van der Waals surface area contributed by atoms with Crippen molar-refractivity contribution in [3.05, 3.63) is 34.3 Å². The zero-order valence-corrected chi connectivity index (χ0v) is 15.0. The van der Waals surface area contributed by atoms with Crippen molar-refractivity contribution in [1.29, 1.82) is 0 Å². The summed E-state index contributed by atoms with van der Waals surface area (Å²) < 4.78 is 5.66. The van der Waals surface area contributed by atoms with Gasteiger partial charge in [-0.2, -0.15) is 0 Å². The topological polar surface area (TPSA) is 58.6 Å². The summed E-state index contributed by atoms with van der Waals surface area (Å²) in [5, 5.41) is 2.91. The van der Waals surface area contributed by atoms with Gasteiger partial charge in [0.1, 0.15) is 0 Å². The van der Waals surface area contributed by atoms with Crippen molar-refractivity contribution in [2.75, 3.05) is 20.7 Å². The molecule has 5 nitrogen and oxygen atoms in total. The number of rotatable bonds is 7. The van der Waals surface area contributed by atoms with Gasteiger partial charge >= 0.3 is 5.97 Å². The lowest BCUT2D eigenvalue weighted by molar-refractivity contribution is -0.141. The minimum atomic E-state index is -0.395. The number of nitrogens with zero attached hydrogens (tertiary/aromatic N) is 1. The Morgan fingerprint density at radius 3 is 2.36 bits per heavy atom. The van der Waals surface area contributed by atoms with Crippen LogP contribution in [0, 0.1) is 0 Å². The number of carbonyl (C=O) groups is 2. The number of benzene rings is 1. The minimum absolute atomic E-state index is 0.106. The molecule has 0 spiro atoms. The Labute approximate surface area is 140 Å². The van der Waals surface area contributed by atoms with E-state index in [-0.39, 0.29) is 30.9 Å². The lowest BCUT2D eigenvalue weighted by atomic mass is 10.0. The van der Waals surface area contributed by atoms with Gasteiger partial charge in [0, 0.05) is 10.5 Å². The summed E-state index contributed by atoms with van der Waals surface area (Å²) in [6.45, 7) is 4.33. The SMILES string of the molecule is COC(=O)CC(NC(=O)CN(C)C(C)C)c1ccc(Br)cc1. The van der Waals surface area contributed by atoms with Crippen LogP contribution in [0.15, 0.2) is 28.7 Å². The number of likely N-dealkylation sites (N-methyl/N-ethyl adjacent to an activating group) is 1. The molecule has 0 fully saturated rings. The first-order valence-electron chi connectivity index (χ1n) is 7.15. The Kier molecular flexibility index (Phi) is 7.55. The molecule has 0 saturated carbocycles. The van der Waals surface area contributed by atoms with Gasteiger partial charge in [0.25, 0.3) is 0 Å². The third-order valence-corrected chi connectivity index (χ3v) is 4.01. The van der Waals surface area contributed by atoms with E-state index in [1.165, 1.54) is 7.11 Å². The Bertz CT molecular complexity index is 503. The van der Waals surface area contributed by atoms with Gasteiger partial charge in [-0.3, -0.25) is 14.5 Å². The van der Waals surface area contributed by atoms with Gasteiger partial charge in [0.2, 0.25) is 5.91 Å². The molecule has 6 heteroatoms. The Morgan fingerprint density at radius 1 is 1.27 bits per heavy atom. The van der Waals surface area contributed by atoms with Crippen LogP contribution < -0.4 is 5.32 Å². The molecule has 1 atom stereocenters. The quantitative estimate of drug-likeness (QED) is 0.749. The molecule has 122 valence electrons. The van der Waals surface area contributed by atoms with Crippen molar-refractivity contribution < 1.29 is 14.3 Å². The van der Waals surface area contributed by atoms with Gasteiger partial charge in [0.05, 0.1) is 26.1 Å². The summed E-state index contributed by atoms with van der Waals surface area (Å²) in [7, 11) is 3.23. The maximum absolute atomic E-state index is 12.2. The number of halogens is 1. The van der Waals surface area contributed by atoms with Crippen molar-refractivity contribution >= 4 is 27.8 Å². The van der Waals surface area contributed by atoms with E-state index in [1.807, 2.05) is 50.1 Å². The summed E-state index contributed by atoms with van der Waals surface area (Å²) >= 11 is 3.37. The largest absolute Gasteiger partial charge is 0.469 e. The zero-order valence-electron chi connectivity index (χ0n) is 13.4. The number of esters is 1. The maximum Gasteiger partial charge on any atom is 0.307 e. The second-order valence-electron chi connectivity index (χ2n) is 5.46. The van der Waals surface area contributed by atoms with Crippen LogP contribution in [0.5, 0.6) is 0 Å². The van der Waals surface area contributed by atoms with Crippen molar-refractivity contribution in [3.8, 4) is 0 Å². The second kappa shape index (κ2) is 8.90. The van der Waals surface area contributed by atoms with Crippen molar-refractivity contribution in [2.45, 2.75) is 32.4 Å². The summed E-state index contributed by atoms with van der Waals surface area (Å²) in [4.78, 5) is 25.7. The lowest BCUT2D eigenvalue weighted by Crippen LogP contribution is -2.40. The maximum atomic E-state index is 12.2. The van der Waals surface area contributed by atoms with Crippen LogP contribution in [0.2, 0.25) is 0 Å². The number of hydrogen-bond acceptors (Lipinski definition) is 4. The molecule has 0 saturated heterocycles. The fourth-order valence-corrected chi connectivity index (χ4v) is 2.11. The monoisotopic (exact) mass is 370 g/mol. The van der Waals surface area contributed by atoms with Crippen LogP contribution in [0.4, 0.5) is 0 Å². The molecule has 1 aromatic carbocycles. The summed E-state index contributed by atoms with van der Waals surface area (Å²) in [6, 6.07) is 7.40. The standard InChI is InChI=1S/C16H23BrN2O3/c1-11(2)19(3)10-15(20)18-14(9-16(21)22-4)12-5-7-13(17)8-6-12/h5-8,11,14H,9-10H2,1-4H3,(H,18,20). The van der Waals surface area contributed by atoms with E-state index in [0.717, 1.165) is 10.0 Å². The van der Waals surface area contributed by atoms with E-state index in [2.05, 4.69) is 21.2 Å². The number of carbonyl (C=O) groups excluding carboxylic acids is 2. The third kappa shape index (κ3) is 6.15. The van der Waals surface area contributed by atoms with E-state index >= 15 is 0 Å². The van der Waals surface area contributed by atoms with Crippen LogP contribution in [0.25, 0.3) is 0 Å². The Hall–Kier alpha value is -1.40. The van der Waals surface area contributed by atoms with Crippen molar-refractivity contribution in [3.63, 3.8) is 0 Å². The van der Waals surface area contributed by atoms with Crippen LogP contribution in [-0.2, 0) is 14.3 Å². The molecule has 0 aliphatic heterocycles. The number of ether oxygens (including phenoxy) is 1. The Balaban J connectivity index is 2.80. The third-order valence-electron chi connectivity index (χ3n) is 3.48. The molecule has 0 aromatic heterocycles. The van der Waals surface area contributed by atoms with Crippen molar-refractivity contribution in [1.82, 2.24) is 10.2 Å². The number of nitrogens with one attached hydrogen (secondary N) is 1. The molecule has 0 heterocycles. The molecule has 0 radical (unpaired) electrons. The van der Waals surface area contributed by atoms with E-state index in [4.69, 9.17) is 4.74 Å². The van der Waals surface area contributed by atoms with Crippen LogP contribution in [0.1, 0.15) is 31.9 Å². The number of methoxy groups -OCH3 is 1. The average molecular weight is 371 g/mol. The highest BCUT2D eigenvalue weighted by Crippen LogP contribution is 2.20. The van der Waals surface area contributed by atoms with Crippen LogP contribution in [-0.4, -0.2) is 43.5 Å². The number of amides is 1. The first-order valence-corrected chi connectivity index (χ1v) is 7.94. The predicted octanol–water partition coefficient (Wildman–Crippen LogP) is 2.51. The van der Waals surface area contributed by atoms with Gasteiger partial charge in [-0.1, -0.05) is 28.1 Å². The van der Waals surface area contributed by atoms with Gasteiger partial charge in [-0.05, 0) is 38.6 Å². The van der Waals surface area contributed by atoms with Gasteiger partial charge in [0.15, 0.2) is 0 Å². The fourth-order valence-electron chi connectivity index (χ4n) is 1.85. The van der Waals surface area contributed by atoms with Gasteiger partial charge in [-0.15, -0.1) is 0 Å². The molecule has 1 unspecified atom stereocenters. The summed E-state index contributed by atoms with van der Waals surface area (Å²) in [5.41, 5.74) is 0.870. The molecular formula is C16H23BrN2O3. The highest BCUT2D eigenvalue weighted by atomic mass is 79.9. The van der Waals surface area contributed by atoms with E-state index in [0.29, 0.717) is 0 Å². The summed E-state index contributed by atoms with van der Waals surface area (Å²) in [6.07, 6.45) is 0.106.